The van der Waals surface area contributed by atoms with Crippen molar-refractivity contribution in [2.75, 3.05) is 18.6 Å². The van der Waals surface area contributed by atoms with Crippen LogP contribution in [0.25, 0.3) is 0 Å². The van der Waals surface area contributed by atoms with Crippen LogP contribution in [0.15, 0.2) is 24.3 Å². The molecule has 6 heteroatoms. The Morgan fingerprint density at radius 2 is 2.05 bits per heavy atom. The van der Waals surface area contributed by atoms with Crippen molar-refractivity contribution in [2.45, 2.75) is 25.2 Å². The number of carbonyl (C=O) groups excluding carboxylic acids is 1. The smallest absolute Gasteiger partial charge is 0.328 e. The third kappa shape index (κ3) is 3.92. The quantitative estimate of drug-likeness (QED) is 0.450. The van der Waals surface area contributed by atoms with Crippen LogP contribution < -0.4 is 0 Å². The van der Waals surface area contributed by atoms with E-state index in [2.05, 4.69) is 0 Å². The van der Waals surface area contributed by atoms with Crippen molar-refractivity contribution in [1.29, 1.82) is 0 Å². The Bertz CT molecular complexity index is 506. The molecule has 1 aromatic rings. The molecular formula is C15H19ClO4S. The predicted molar refractivity (Wildman–Crippen MR) is 85.0 cm³/mol. The van der Waals surface area contributed by atoms with Crippen LogP contribution in [-0.2, 0) is 19.7 Å². The average Bonchev–Trinajstić information content (AvgIpc) is 2.44. The number of carbonyl (C=O) groups is 2. The number of carboxylic acids is 1. The maximum atomic E-state index is 12.4. The van der Waals surface area contributed by atoms with Gasteiger partial charge < -0.3 is 9.84 Å². The number of thioether (sulfide) groups is 1. The number of rotatable bonds is 8. The van der Waals surface area contributed by atoms with Crippen molar-refractivity contribution < 1.29 is 19.4 Å². The van der Waals surface area contributed by atoms with Crippen molar-refractivity contribution in [1.82, 2.24) is 0 Å². The molecule has 0 aliphatic heterocycles. The van der Waals surface area contributed by atoms with Crippen LogP contribution >= 0.6 is 23.4 Å². The summed E-state index contributed by atoms with van der Waals surface area (Å²) in [5.74, 6) is -1.22. The Balaban J connectivity index is 3.33. The van der Waals surface area contributed by atoms with E-state index >= 15 is 0 Å². The Labute approximate surface area is 133 Å². The molecule has 1 aromatic carbocycles. The third-order valence-corrected chi connectivity index (χ3v) is 4.25. The lowest BCUT2D eigenvalue weighted by Gasteiger charge is -2.28. The summed E-state index contributed by atoms with van der Waals surface area (Å²) < 4.78 is 5.02. The number of ether oxygens (including phenoxy) is 1. The predicted octanol–water partition coefficient (Wildman–Crippen LogP) is 3.37. The fraction of sp³-hybridized carbons (Fsp3) is 0.467. The first kappa shape index (κ1) is 17.9. The van der Waals surface area contributed by atoms with Crippen molar-refractivity contribution in [3.63, 3.8) is 0 Å². The van der Waals surface area contributed by atoms with Gasteiger partial charge in [0.15, 0.2) is 5.41 Å². The van der Waals surface area contributed by atoms with Crippen LogP contribution in [-0.4, -0.2) is 35.7 Å². The number of esters is 1. The van der Waals surface area contributed by atoms with E-state index in [0.29, 0.717) is 12.0 Å². The highest BCUT2D eigenvalue weighted by Gasteiger charge is 2.50. The van der Waals surface area contributed by atoms with E-state index in [1.165, 1.54) is 0 Å². The summed E-state index contributed by atoms with van der Waals surface area (Å²) in [7, 11) is 0. The third-order valence-electron chi connectivity index (χ3n) is 3.22. The molecule has 0 fully saturated rings. The van der Waals surface area contributed by atoms with E-state index in [4.69, 9.17) is 16.3 Å². The van der Waals surface area contributed by atoms with Crippen LogP contribution in [0.1, 0.15) is 25.3 Å². The van der Waals surface area contributed by atoms with Gasteiger partial charge in [0.25, 0.3) is 0 Å². The van der Waals surface area contributed by atoms with E-state index in [-0.39, 0.29) is 18.1 Å². The Kier molecular flexibility index (Phi) is 7.05. The molecule has 0 heterocycles. The fourth-order valence-electron chi connectivity index (χ4n) is 2.20. The van der Waals surface area contributed by atoms with E-state index < -0.39 is 17.4 Å². The van der Waals surface area contributed by atoms with Gasteiger partial charge in [-0.3, -0.25) is 9.59 Å². The molecule has 0 aliphatic carbocycles. The zero-order valence-electron chi connectivity index (χ0n) is 12.1. The van der Waals surface area contributed by atoms with Gasteiger partial charge in [-0.05, 0) is 43.4 Å². The van der Waals surface area contributed by atoms with E-state index in [1.807, 2.05) is 6.26 Å². The molecule has 1 N–H and O–H groups in total. The first-order valence-corrected chi connectivity index (χ1v) is 8.42. The number of carboxylic acid groups (broad SMARTS) is 1. The number of halogens is 1. The lowest BCUT2D eigenvalue weighted by molar-refractivity contribution is -0.162. The lowest BCUT2D eigenvalue weighted by atomic mass is 9.76. The van der Waals surface area contributed by atoms with Crippen molar-refractivity contribution >= 4 is 35.3 Å². The second-order valence-electron chi connectivity index (χ2n) is 4.51. The van der Waals surface area contributed by atoms with Crippen LogP contribution in [0.3, 0.4) is 0 Å². The molecule has 1 atom stereocenters. The van der Waals surface area contributed by atoms with Crippen molar-refractivity contribution in [3.8, 4) is 0 Å². The van der Waals surface area contributed by atoms with Gasteiger partial charge in [-0.1, -0.05) is 29.8 Å². The summed E-state index contributed by atoms with van der Waals surface area (Å²) in [6.07, 6.45) is 2.67. The average molecular weight is 331 g/mol. The lowest BCUT2D eigenvalue weighted by Crippen LogP contribution is -2.45. The topological polar surface area (TPSA) is 63.6 Å². The Morgan fingerprint density at radius 1 is 1.38 bits per heavy atom. The summed E-state index contributed by atoms with van der Waals surface area (Å²) in [4.78, 5) is 24.3. The highest BCUT2D eigenvalue weighted by molar-refractivity contribution is 7.98. The molecule has 0 aliphatic rings. The van der Waals surface area contributed by atoms with Gasteiger partial charge in [0.1, 0.15) is 0 Å². The zero-order valence-corrected chi connectivity index (χ0v) is 13.7. The molecule has 21 heavy (non-hydrogen) atoms. The van der Waals surface area contributed by atoms with Gasteiger partial charge in [0.05, 0.1) is 6.61 Å². The van der Waals surface area contributed by atoms with Crippen molar-refractivity contribution in [2.24, 2.45) is 0 Å². The van der Waals surface area contributed by atoms with E-state index in [9.17, 15) is 14.7 Å². The normalized spacial score (nSPS) is 13.5. The first-order chi connectivity index (χ1) is 10.0. The second-order valence-corrected chi connectivity index (χ2v) is 5.90. The number of hydrogen-bond acceptors (Lipinski definition) is 4. The summed E-state index contributed by atoms with van der Waals surface area (Å²) in [6.45, 7) is 1.78. The molecular weight excluding hydrogens is 312 g/mol. The number of benzene rings is 1. The second kappa shape index (κ2) is 8.29. The monoisotopic (exact) mass is 330 g/mol. The molecule has 0 spiro atoms. The zero-order chi connectivity index (χ0) is 15.9. The minimum atomic E-state index is -1.75. The number of hydrogen-bond donors (Lipinski definition) is 1. The SMILES string of the molecule is CCOC(=O)C(CCCSC)(C(=O)O)c1ccccc1Cl. The summed E-state index contributed by atoms with van der Waals surface area (Å²) >= 11 is 7.73. The number of aliphatic carboxylic acids is 1. The summed E-state index contributed by atoms with van der Waals surface area (Å²) in [6, 6.07) is 6.53. The van der Waals surface area contributed by atoms with Gasteiger partial charge in [-0.2, -0.15) is 11.8 Å². The molecule has 1 unspecified atom stereocenters. The van der Waals surface area contributed by atoms with Crippen molar-refractivity contribution in [3.05, 3.63) is 34.9 Å². The fourth-order valence-corrected chi connectivity index (χ4v) is 2.93. The molecule has 0 aromatic heterocycles. The highest BCUT2D eigenvalue weighted by atomic mass is 35.5. The molecule has 0 radical (unpaired) electrons. The van der Waals surface area contributed by atoms with Gasteiger partial charge in [0.2, 0.25) is 0 Å². The van der Waals surface area contributed by atoms with Gasteiger partial charge >= 0.3 is 11.9 Å². The molecule has 0 amide bonds. The molecule has 0 saturated carbocycles. The summed E-state index contributed by atoms with van der Waals surface area (Å²) in [5, 5.41) is 9.99. The van der Waals surface area contributed by atoms with E-state index in [1.54, 1.807) is 43.0 Å². The van der Waals surface area contributed by atoms with Crippen LogP contribution in [0.4, 0.5) is 0 Å². The minimum Gasteiger partial charge on any atom is -0.480 e. The largest absolute Gasteiger partial charge is 0.480 e. The maximum absolute atomic E-state index is 12.4. The Hall–Kier alpha value is -1.20. The van der Waals surface area contributed by atoms with Crippen LogP contribution in [0, 0.1) is 0 Å². The van der Waals surface area contributed by atoms with Crippen LogP contribution in [0.2, 0.25) is 5.02 Å². The molecule has 0 saturated heterocycles. The summed E-state index contributed by atoms with van der Waals surface area (Å²) in [5.41, 5.74) is -1.46. The first-order valence-electron chi connectivity index (χ1n) is 6.65. The van der Waals surface area contributed by atoms with E-state index in [0.717, 1.165) is 5.75 Å². The van der Waals surface area contributed by atoms with Gasteiger partial charge in [0, 0.05) is 5.02 Å². The highest BCUT2D eigenvalue weighted by Crippen LogP contribution is 2.36. The maximum Gasteiger partial charge on any atom is 0.328 e. The molecule has 0 bridgehead atoms. The van der Waals surface area contributed by atoms with Gasteiger partial charge in [-0.25, -0.2) is 0 Å². The minimum absolute atomic E-state index is 0.126. The van der Waals surface area contributed by atoms with Gasteiger partial charge in [-0.15, -0.1) is 0 Å². The standard InChI is InChI=1S/C15H19ClO4S/c1-3-20-14(19)15(13(17)18,9-6-10-21-2)11-7-4-5-8-12(11)16/h4-5,7-8H,3,6,9-10H2,1-2H3,(H,17,18). The Morgan fingerprint density at radius 3 is 2.57 bits per heavy atom. The molecule has 116 valence electrons. The molecule has 1 rings (SSSR count). The molecule has 4 nitrogen and oxygen atoms in total. The van der Waals surface area contributed by atoms with Crippen LogP contribution in [0.5, 0.6) is 0 Å².